The summed E-state index contributed by atoms with van der Waals surface area (Å²) in [6.07, 6.45) is 1.40. The zero-order chi connectivity index (χ0) is 21.0. The molecule has 3 rings (SSSR count). The van der Waals surface area contributed by atoms with Crippen LogP contribution in [0.4, 0.5) is 5.69 Å². The van der Waals surface area contributed by atoms with E-state index in [1.807, 2.05) is 6.07 Å². The second kappa shape index (κ2) is 8.70. The van der Waals surface area contributed by atoms with Gasteiger partial charge in [0.05, 0.1) is 18.7 Å². The number of aromatic hydroxyl groups is 1. The van der Waals surface area contributed by atoms with Crippen LogP contribution >= 0.6 is 11.6 Å². The topological polar surface area (TPSA) is 94.1 Å². The number of hydrogen-bond acceptors (Lipinski definition) is 7. The lowest BCUT2D eigenvalue weighted by atomic mass is 10.1. The lowest BCUT2D eigenvalue weighted by Gasteiger charge is -2.09. The Labute approximate surface area is 172 Å². The maximum absolute atomic E-state index is 12.8. The molecule has 0 unspecified atom stereocenters. The highest BCUT2D eigenvalue weighted by Crippen LogP contribution is 2.36. The molecule has 1 aliphatic rings. The van der Waals surface area contributed by atoms with Gasteiger partial charge in [-0.3, -0.25) is 4.79 Å². The molecule has 0 aliphatic carbocycles. The number of phenols is 1. The van der Waals surface area contributed by atoms with Crippen molar-refractivity contribution in [3.05, 3.63) is 70.3 Å². The summed E-state index contributed by atoms with van der Waals surface area (Å²) < 4.78 is 15.7. The summed E-state index contributed by atoms with van der Waals surface area (Å²) in [5.41, 5.74) is 0.837. The van der Waals surface area contributed by atoms with Crippen LogP contribution in [0.5, 0.6) is 11.5 Å². The van der Waals surface area contributed by atoms with Gasteiger partial charge in [0, 0.05) is 5.69 Å². The van der Waals surface area contributed by atoms with Crippen molar-refractivity contribution in [2.75, 3.05) is 19.0 Å². The number of carbonyl (C=O) groups is 2. The molecule has 0 fully saturated rings. The number of anilines is 1. The van der Waals surface area contributed by atoms with Gasteiger partial charge in [0.15, 0.2) is 22.8 Å². The Morgan fingerprint density at radius 1 is 1.28 bits per heavy atom. The van der Waals surface area contributed by atoms with Crippen molar-refractivity contribution in [1.29, 1.82) is 0 Å². The molecule has 0 bridgehead atoms. The van der Waals surface area contributed by atoms with E-state index in [4.69, 9.17) is 25.8 Å². The van der Waals surface area contributed by atoms with E-state index < -0.39 is 11.8 Å². The number of esters is 1. The molecule has 8 heteroatoms. The zero-order valence-electron chi connectivity index (χ0n) is 15.7. The third-order valence-electron chi connectivity index (χ3n) is 3.97. The van der Waals surface area contributed by atoms with E-state index in [9.17, 15) is 14.7 Å². The Balaban J connectivity index is 1.98. The van der Waals surface area contributed by atoms with E-state index in [-0.39, 0.29) is 40.3 Å². The van der Waals surface area contributed by atoms with E-state index in [1.165, 1.54) is 25.3 Å². The number of ketones is 1. The second-order valence-corrected chi connectivity index (χ2v) is 6.32. The van der Waals surface area contributed by atoms with Crippen molar-refractivity contribution in [1.82, 2.24) is 0 Å². The lowest BCUT2D eigenvalue weighted by Crippen LogP contribution is -2.16. The number of benzene rings is 2. The average molecular weight is 416 g/mol. The number of rotatable bonds is 6. The number of allylic oxidation sites excluding steroid dienone is 1. The molecule has 1 heterocycles. The van der Waals surface area contributed by atoms with Gasteiger partial charge >= 0.3 is 5.97 Å². The van der Waals surface area contributed by atoms with Crippen LogP contribution < -0.4 is 10.1 Å². The number of methoxy groups -OCH3 is 1. The van der Waals surface area contributed by atoms with E-state index in [0.29, 0.717) is 11.3 Å². The fraction of sp³-hybridized carbons (Fsp3) is 0.143. The highest BCUT2D eigenvalue weighted by molar-refractivity contribution is 6.32. The largest absolute Gasteiger partial charge is 0.503 e. The zero-order valence-corrected chi connectivity index (χ0v) is 16.4. The summed E-state index contributed by atoms with van der Waals surface area (Å²) >= 11 is 5.99. The monoisotopic (exact) mass is 415 g/mol. The Morgan fingerprint density at radius 2 is 2.00 bits per heavy atom. The van der Waals surface area contributed by atoms with Crippen molar-refractivity contribution in [3.8, 4) is 11.5 Å². The number of halogens is 1. The van der Waals surface area contributed by atoms with Crippen molar-refractivity contribution >= 4 is 35.1 Å². The van der Waals surface area contributed by atoms with Crippen LogP contribution in [-0.2, 0) is 19.1 Å². The van der Waals surface area contributed by atoms with Crippen LogP contribution in [0, 0.1) is 0 Å². The van der Waals surface area contributed by atoms with E-state index >= 15 is 0 Å². The Morgan fingerprint density at radius 3 is 2.66 bits per heavy atom. The number of Topliss-reactive ketones (excluding diaryl/α,β-unsaturated/α-hetero) is 1. The smallest absolute Gasteiger partial charge is 0.347 e. The molecular weight excluding hydrogens is 398 g/mol. The minimum atomic E-state index is -0.791. The molecule has 0 atom stereocenters. The molecule has 29 heavy (non-hydrogen) atoms. The molecule has 1 aliphatic heterocycles. The average Bonchev–Trinajstić information content (AvgIpc) is 3.00. The van der Waals surface area contributed by atoms with Crippen LogP contribution in [0.15, 0.2) is 59.7 Å². The lowest BCUT2D eigenvalue weighted by molar-refractivity contribution is -0.139. The maximum atomic E-state index is 12.8. The standard InChI is InChI=1S/C21H18ClNO6/c1-3-28-21(26)17-19(25)16(29-20(17)23-13-7-5-4-6-8-13)11-12-9-14(22)18(24)15(10-12)27-2/h4-11,23-24H,3H2,1-2H3. The fourth-order valence-corrected chi connectivity index (χ4v) is 2.86. The third-order valence-corrected chi connectivity index (χ3v) is 4.26. The highest BCUT2D eigenvalue weighted by atomic mass is 35.5. The fourth-order valence-electron chi connectivity index (χ4n) is 2.64. The molecule has 2 aromatic carbocycles. The predicted molar refractivity (Wildman–Crippen MR) is 107 cm³/mol. The first-order chi connectivity index (χ1) is 13.9. The van der Waals surface area contributed by atoms with Gasteiger partial charge in [0.2, 0.25) is 11.7 Å². The SMILES string of the molecule is CCOC(=O)C1=C(Nc2ccccc2)OC(=Cc2cc(Cl)c(O)c(OC)c2)C1=O. The Kier molecular flexibility index (Phi) is 6.09. The summed E-state index contributed by atoms with van der Waals surface area (Å²) in [4.78, 5) is 25.2. The third kappa shape index (κ3) is 4.35. The van der Waals surface area contributed by atoms with Crippen molar-refractivity contribution in [2.24, 2.45) is 0 Å². The van der Waals surface area contributed by atoms with Gasteiger partial charge in [0.25, 0.3) is 0 Å². The van der Waals surface area contributed by atoms with Gasteiger partial charge in [-0.25, -0.2) is 4.79 Å². The van der Waals surface area contributed by atoms with E-state index in [2.05, 4.69) is 5.32 Å². The van der Waals surface area contributed by atoms with Gasteiger partial charge < -0.3 is 24.6 Å². The van der Waals surface area contributed by atoms with Gasteiger partial charge in [-0.15, -0.1) is 0 Å². The molecule has 2 aromatic rings. The second-order valence-electron chi connectivity index (χ2n) is 5.91. The van der Waals surface area contributed by atoms with Crippen LogP contribution in [0.1, 0.15) is 12.5 Å². The first-order valence-electron chi connectivity index (χ1n) is 8.68. The van der Waals surface area contributed by atoms with Crippen LogP contribution in [0.3, 0.4) is 0 Å². The van der Waals surface area contributed by atoms with Crippen LogP contribution in [0.2, 0.25) is 5.02 Å². The number of hydrogen-bond donors (Lipinski definition) is 2. The Bertz CT molecular complexity index is 1010. The van der Waals surface area contributed by atoms with Gasteiger partial charge in [-0.1, -0.05) is 29.8 Å². The van der Waals surface area contributed by atoms with Gasteiger partial charge in [-0.2, -0.15) is 0 Å². The minimum Gasteiger partial charge on any atom is -0.503 e. The summed E-state index contributed by atoms with van der Waals surface area (Å²) in [5.74, 6) is -1.63. The first kappa shape index (κ1) is 20.3. The summed E-state index contributed by atoms with van der Waals surface area (Å²) in [7, 11) is 1.38. The molecule has 0 saturated heterocycles. The van der Waals surface area contributed by atoms with Crippen LogP contribution in [-0.4, -0.2) is 30.6 Å². The molecule has 0 saturated carbocycles. The summed E-state index contributed by atoms with van der Waals surface area (Å²) in [6.45, 7) is 1.75. The summed E-state index contributed by atoms with van der Waals surface area (Å²) in [6, 6.07) is 11.9. The molecule has 2 N–H and O–H groups in total. The highest BCUT2D eigenvalue weighted by Gasteiger charge is 2.37. The quantitative estimate of drug-likeness (QED) is 0.420. The number of ether oxygens (including phenoxy) is 3. The van der Waals surface area contributed by atoms with E-state index in [1.54, 1.807) is 31.2 Å². The van der Waals surface area contributed by atoms with Crippen LogP contribution in [0.25, 0.3) is 6.08 Å². The molecule has 0 aromatic heterocycles. The molecule has 0 spiro atoms. The summed E-state index contributed by atoms with van der Waals surface area (Å²) in [5, 5.41) is 12.8. The molecule has 7 nitrogen and oxygen atoms in total. The number of para-hydroxylation sites is 1. The molecule has 150 valence electrons. The maximum Gasteiger partial charge on any atom is 0.347 e. The number of phenolic OH excluding ortho intramolecular Hbond substituents is 1. The van der Waals surface area contributed by atoms with Crippen molar-refractivity contribution in [2.45, 2.75) is 6.92 Å². The number of carbonyl (C=O) groups excluding carboxylic acids is 2. The normalized spacial score (nSPS) is 14.7. The van der Waals surface area contributed by atoms with Gasteiger partial charge in [0.1, 0.15) is 0 Å². The van der Waals surface area contributed by atoms with Crippen molar-refractivity contribution < 1.29 is 28.9 Å². The predicted octanol–water partition coefficient (Wildman–Crippen LogP) is 3.88. The number of nitrogens with one attached hydrogen (secondary N) is 1. The molecule has 0 radical (unpaired) electrons. The van der Waals surface area contributed by atoms with Gasteiger partial charge in [-0.05, 0) is 42.8 Å². The molecular formula is C21H18ClNO6. The Hall–Kier alpha value is -3.45. The molecule has 0 amide bonds. The van der Waals surface area contributed by atoms with E-state index in [0.717, 1.165) is 0 Å². The van der Waals surface area contributed by atoms with Crippen molar-refractivity contribution in [3.63, 3.8) is 0 Å². The minimum absolute atomic E-state index is 0.0252. The first-order valence-corrected chi connectivity index (χ1v) is 9.06.